The number of hydrogen-bond donors (Lipinski definition) is 2. The Morgan fingerprint density at radius 1 is 1.26 bits per heavy atom. The van der Waals surface area contributed by atoms with E-state index < -0.39 is 6.04 Å². The molecule has 0 fully saturated rings. The quantitative estimate of drug-likeness (QED) is 0.730. The normalized spacial score (nSPS) is 15.7. The first-order chi connectivity index (χ1) is 13.2. The van der Waals surface area contributed by atoms with E-state index in [9.17, 15) is 4.79 Å². The summed E-state index contributed by atoms with van der Waals surface area (Å²) in [7, 11) is 1.61. The number of nitrogens with one attached hydrogen (secondary N) is 2. The number of fused-ring (bicyclic) bond motifs is 1. The van der Waals surface area contributed by atoms with E-state index in [1.807, 2.05) is 31.2 Å². The van der Waals surface area contributed by atoms with Crippen LogP contribution in [0.1, 0.15) is 18.5 Å². The molecule has 9 heteroatoms. The summed E-state index contributed by atoms with van der Waals surface area (Å²) in [5.41, 5.74) is 2.67. The van der Waals surface area contributed by atoms with Crippen LogP contribution in [0.25, 0.3) is 0 Å². The molecule has 4 rings (SSSR count). The van der Waals surface area contributed by atoms with E-state index in [2.05, 4.69) is 31.1 Å². The number of ether oxygens (including phenoxy) is 1. The van der Waals surface area contributed by atoms with Crippen molar-refractivity contribution in [1.29, 1.82) is 0 Å². The van der Waals surface area contributed by atoms with Gasteiger partial charge in [0.15, 0.2) is 0 Å². The number of rotatable bonds is 4. The second-order valence-electron chi connectivity index (χ2n) is 5.98. The Morgan fingerprint density at radius 3 is 2.78 bits per heavy atom. The van der Waals surface area contributed by atoms with E-state index in [0.717, 1.165) is 11.3 Å². The SMILES string of the molecule is COc1ccc(C2C(C(=O)Nc3cccnc3)=C(C)Nc3nnnn32)cc1. The first kappa shape index (κ1) is 16.7. The third kappa shape index (κ3) is 3.10. The fourth-order valence-electron chi connectivity index (χ4n) is 3.04. The number of tetrazole rings is 1. The summed E-state index contributed by atoms with van der Waals surface area (Å²) >= 11 is 0. The Labute approximate surface area is 155 Å². The number of benzene rings is 1. The van der Waals surface area contributed by atoms with Crippen LogP contribution in [-0.4, -0.2) is 38.2 Å². The zero-order valence-corrected chi connectivity index (χ0v) is 14.7. The third-order valence-corrected chi connectivity index (χ3v) is 4.31. The Balaban J connectivity index is 1.75. The molecular formula is C18H17N7O2. The molecule has 27 heavy (non-hydrogen) atoms. The molecule has 2 N–H and O–H groups in total. The molecule has 1 amide bonds. The molecule has 0 spiro atoms. The highest BCUT2D eigenvalue weighted by Gasteiger charge is 2.34. The molecule has 0 radical (unpaired) electrons. The van der Waals surface area contributed by atoms with Crippen LogP contribution in [0.15, 0.2) is 60.1 Å². The van der Waals surface area contributed by atoms with Crippen molar-refractivity contribution in [1.82, 2.24) is 25.2 Å². The van der Waals surface area contributed by atoms with E-state index in [0.29, 0.717) is 22.9 Å². The number of allylic oxidation sites excluding steroid dienone is 1. The van der Waals surface area contributed by atoms with Gasteiger partial charge in [0.1, 0.15) is 11.8 Å². The molecule has 1 aliphatic rings. The molecular weight excluding hydrogens is 346 g/mol. The van der Waals surface area contributed by atoms with Crippen LogP contribution >= 0.6 is 0 Å². The van der Waals surface area contributed by atoms with Gasteiger partial charge in [0, 0.05) is 11.9 Å². The van der Waals surface area contributed by atoms with Gasteiger partial charge in [-0.05, 0) is 47.2 Å². The minimum Gasteiger partial charge on any atom is -0.497 e. The molecule has 3 aromatic rings. The van der Waals surface area contributed by atoms with Crippen molar-refractivity contribution >= 4 is 17.5 Å². The van der Waals surface area contributed by atoms with Gasteiger partial charge in [0.05, 0.1) is 24.6 Å². The van der Waals surface area contributed by atoms with Crippen molar-refractivity contribution < 1.29 is 9.53 Å². The van der Waals surface area contributed by atoms with Gasteiger partial charge in [0.2, 0.25) is 5.95 Å². The predicted molar refractivity (Wildman–Crippen MR) is 98.1 cm³/mol. The topological polar surface area (TPSA) is 107 Å². The number of pyridine rings is 1. The molecule has 0 aliphatic carbocycles. The lowest BCUT2D eigenvalue weighted by Gasteiger charge is -2.28. The first-order valence-electron chi connectivity index (χ1n) is 8.28. The Kier molecular flexibility index (Phi) is 4.25. The maximum atomic E-state index is 13.1. The lowest BCUT2D eigenvalue weighted by atomic mass is 9.95. The maximum absolute atomic E-state index is 13.1. The summed E-state index contributed by atoms with van der Waals surface area (Å²) in [6.45, 7) is 1.83. The Morgan fingerprint density at radius 2 is 2.07 bits per heavy atom. The minimum atomic E-state index is -0.473. The van der Waals surface area contributed by atoms with Gasteiger partial charge in [-0.3, -0.25) is 9.78 Å². The average molecular weight is 363 g/mol. The third-order valence-electron chi connectivity index (χ3n) is 4.31. The highest BCUT2D eigenvalue weighted by atomic mass is 16.5. The fraction of sp³-hybridized carbons (Fsp3) is 0.167. The fourth-order valence-corrected chi connectivity index (χ4v) is 3.04. The molecule has 2 aromatic heterocycles. The van der Waals surface area contributed by atoms with Gasteiger partial charge in [-0.1, -0.05) is 17.2 Å². The molecule has 0 saturated carbocycles. The van der Waals surface area contributed by atoms with Crippen LogP contribution < -0.4 is 15.4 Å². The van der Waals surface area contributed by atoms with Crippen LogP contribution in [0.4, 0.5) is 11.6 Å². The molecule has 0 bridgehead atoms. The number of aromatic nitrogens is 5. The molecule has 136 valence electrons. The van der Waals surface area contributed by atoms with Crippen molar-refractivity contribution in [2.24, 2.45) is 0 Å². The van der Waals surface area contributed by atoms with Crippen molar-refractivity contribution in [3.05, 3.63) is 65.6 Å². The van der Waals surface area contributed by atoms with Crippen molar-refractivity contribution in [2.75, 3.05) is 17.7 Å². The zero-order chi connectivity index (χ0) is 18.8. The summed E-state index contributed by atoms with van der Waals surface area (Å²) in [6.07, 6.45) is 3.24. The van der Waals surface area contributed by atoms with Gasteiger partial charge in [0.25, 0.3) is 5.91 Å². The van der Waals surface area contributed by atoms with Gasteiger partial charge in [-0.15, -0.1) is 0 Å². The van der Waals surface area contributed by atoms with E-state index in [1.54, 1.807) is 36.3 Å². The molecule has 3 heterocycles. The van der Waals surface area contributed by atoms with Crippen molar-refractivity contribution in [3.8, 4) is 5.75 Å². The summed E-state index contributed by atoms with van der Waals surface area (Å²) in [5.74, 6) is 0.952. The Bertz CT molecular complexity index is 996. The molecule has 0 saturated heterocycles. The smallest absolute Gasteiger partial charge is 0.255 e. The molecule has 1 aromatic carbocycles. The van der Waals surface area contributed by atoms with E-state index >= 15 is 0 Å². The largest absolute Gasteiger partial charge is 0.497 e. The monoisotopic (exact) mass is 363 g/mol. The number of carbonyl (C=O) groups is 1. The predicted octanol–water partition coefficient (Wildman–Crippen LogP) is 2.00. The van der Waals surface area contributed by atoms with E-state index in [-0.39, 0.29) is 5.91 Å². The average Bonchev–Trinajstić information content (AvgIpc) is 3.15. The number of carbonyl (C=O) groups excluding carboxylic acids is 1. The van der Waals surface area contributed by atoms with Crippen LogP contribution in [-0.2, 0) is 4.79 Å². The maximum Gasteiger partial charge on any atom is 0.255 e. The van der Waals surface area contributed by atoms with Crippen LogP contribution in [0.2, 0.25) is 0 Å². The summed E-state index contributed by atoms with van der Waals surface area (Å²) < 4.78 is 6.82. The molecule has 1 atom stereocenters. The lowest BCUT2D eigenvalue weighted by molar-refractivity contribution is -0.113. The van der Waals surface area contributed by atoms with Gasteiger partial charge < -0.3 is 15.4 Å². The van der Waals surface area contributed by atoms with Gasteiger partial charge >= 0.3 is 0 Å². The standard InChI is InChI=1S/C18H17N7O2/c1-11-15(17(26)21-13-4-3-9-19-10-13)16(25-18(20-11)22-23-24-25)12-5-7-14(27-2)8-6-12/h3-10,16H,1-2H3,(H,21,26)(H,20,22,24). The number of hydrogen-bond acceptors (Lipinski definition) is 7. The number of nitrogens with zero attached hydrogens (tertiary/aromatic N) is 5. The summed E-state index contributed by atoms with van der Waals surface area (Å²) in [5, 5.41) is 17.7. The van der Waals surface area contributed by atoms with Crippen molar-refractivity contribution in [2.45, 2.75) is 13.0 Å². The lowest BCUT2D eigenvalue weighted by Crippen LogP contribution is -2.31. The van der Waals surface area contributed by atoms with E-state index in [4.69, 9.17) is 4.74 Å². The van der Waals surface area contributed by atoms with Gasteiger partial charge in [-0.2, -0.15) is 4.68 Å². The number of anilines is 2. The van der Waals surface area contributed by atoms with Gasteiger partial charge in [-0.25, -0.2) is 0 Å². The zero-order valence-electron chi connectivity index (χ0n) is 14.7. The highest BCUT2D eigenvalue weighted by molar-refractivity contribution is 6.05. The molecule has 9 nitrogen and oxygen atoms in total. The first-order valence-corrected chi connectivity index (χ1v) is 8.28. The Hall–Kier alpha value is -3.75. The molecule has 1 aliphatic heterocycles. The number of amides is 1. The van der Waals surface area contributed by atoms with Crippen LogP contribution in [0.3, 0.4) is 0 Å². The minimum absolute atomic E-state index is 0.255. The van der Waals surface area contributed by atoms with Crippen molar-refractivity contribution in [3.63, 3.8) is 0 Å². The highest BCUT2D eigenvalue weighted by Crippen LogP contribution is 2.35. The second kappa shape index (κ2) is 6.87. The summed E-state index contributed by atoms with van der Waals surface area (Å²) in [4.78, 5) is 17.1. The van der Waals surface area contributed by atoms with Crippen LogP contribution in [0, 0.1) is 0 Å². The second-order valence-corrected chi connectivity index (χ2v) is 5.98. The number of methoxy groups -OCH3 is 1. The van der Waals surface area contributed by atoms with E-state index in [1.165, 1.54) is 0 Å². The summed E-state index contributed by atoms with van der Waals surface area (Å²) in [6, 6.07) is 10.5. The van der Waals surface area contributed by atoms with Crippen LogP contribution in [0.5, 0.6) is 5.75 Å². The molecule has 1 unspecified atom stereocenters.